The molecule has 1 aromatic carbocycles. The fraction of sp³-hybridized carbons (Fsp3) is 0.333. The predicted octanol–water partition coefficient (Wildman–Crippen LogP) is 3.45. The minimum absolute atomic E-state index is 0.0644. The van der Waals surface area contributed by atoms with Crippen LogP contribution in [0, 0.1) is 0 Å². The Hall–Kier alpha value is -2.76. The van der Waals surface area contributed by atoms with Crippen LogP contribution in [0.2, 0.25) is 0 Å². The molecule has 0 saturated carbocycles. The maximum atomic E-state index is 12.4. The molecule has 2 aromatic rings. The van der Waals surface area contributed by atoms with Crippen LogP contribution in [0.4, 0.5) is 11.4 Å². The Bertz CT molecular complexity index is 739. The number of furan rings is 1. The van der Waals surface area contributed by atoms with Crippen LogP contribution < -0.4 is 15.0 Å². The second-order valence-electron chi connectivity index (χ2n) is 5.72. The molecule has 1 aromatic heterocycles. The van der Waals surface area contributed by atoms with Gasteiger partial charge in [-0.05, 0) is 43.7 Å². The van der Waals surface area contributed by atoms with Gasteiger partial charge in [-0.3, -0.25) is 9.59 Å². The molecule has 1 aliphatic rings. The van der Waals surface area contributed by atoms with Crippen molar-refractivity contribution >= 4 is 23.2 Å². The number of amides is 2. The van der Waals surface area contributed by atoms with E-state index in [1.807, 2.05) is 0 Å². The summed E-state index contributed by atoms with van der Waals surface area (Å²) in [7, 11) is 0. The largest absolute Gasteiger partial charge is 0.479 e. The van der Waals surface area contributed by atoms with E-state index in [9.17, 15) is 9.59 Å². The molecule has 0 bridgehead atoms. The molecule has 0 aliphatic carbocycles. The topological polar surface area (TPSA) is 71.8 Å². The Morgan fingerprint density at radius 2 is 2.17 bits per heavy atom. The Morgan fingerprint density at radius 1 is 1.33 bits per heavy atom. The van der Waals surface area contributed by atoms with Gasteiger partial charge in [-0.2, -0.15) is 0 Å². The maximum absolute atomic E-state index is 12.4. The first-order valence-electron chi connectivity index (χ1n) is 8.07. The summed E-state index contributed by atoms with van der Waals surface area (Å²) in [5.41, 5.74) is 1.27. The summed E-state index contributed by atoms with van der Waals surface area (Å²) in [5, 5.41) is 2.77. The number of ether oxygens (including phenoxy) is 1. The van der Waals surface area contributed by atoms with Gasteiger partial charge in [-0.15, -0.1) is 0 Å². The van der Waals surface area contributed by atoms with Crippen LogP contribution in [0.25, 0.3) is 0 Å². The molecule has 126 valence electrons. The van der Waals surface area contributed by atoms with Gasteiger partial charge in [-0.25, -0.2) is 0 Å². The van der Waals surface area contributed by atoms with Crippen molar-refractivity contribution in [3.8, 4) is 5.75 Å². The van der Waals surface area contributed by atoms with Crippen LogP contribution >= 0.6 is 0 Å². The van der Waals surface area contributed by atoms with Crippen molar-refractivity contribution < 1.29 is 18.7 Å². The van der Waals surface area contributed by atoms with E-state index in [1.54, 1.807) is 42.2 Å². The number of carbonyl (C=O) groups excluding carboxylic acids is 2. The number of unbranched alkanes of at least 4 members (excludes halogenated alkanes) is 1. The van der Waals surface area contributed by atoms with Gasteiger partial charge in [0, 0.05) is 12.2 Å². The first-order chi connectivity index (χ1) is 11.6. The molecule has 24 heavy (non-hydrogen) atoms. The molecule has 0 radical (unpaired) electrons. The number of carbonyl (C=O) groups is 2. The molecule has 1 N–H and O–H groups in total. The van der Waals surface area contributed by atoms with Gasteiger partial charge in [0.05, 0.1) is 12.0 Å². The summed E-state index contributed by atoms with van der Waals surface area (Å²) in [6.45, 7) is 4.46. The normalized spacial score (nSPS) is 16.5. The highest BCUT2D eigenvalue weighted by molar-refractivity contribution is 6.04. The molecule has 1 aliphatic heterocycles. The standard InChI is InChI=1S/C18H20N2O4/c1-3-4-9-20-14-11-13(19-17(21)16-6-5-10-23-16)7-8-15(14)24-12(2)18(20)22/h5-8,10-12H,3-4,9H2,1-2H3,(H,19,21). The molecule has 1 atom stereocenters. The Morgan fingerprint density at radius 3 is 2.88 bits per heavy atom. The van der Waals surface area contributed by atoms with E-state index in [4.69, 9.17) is 9.15 Å². The van der Waals surface area contributed by atoms with Crippen LogP contribution in [-0.2, 0) is 4.79 Å². The van der Waals surface area contributed by atoms with E-state index >= 15 is 0 Å². The number of nitrogens with zero attached hydrogens (tertiary/aromatic N) is 1. The first kappa shape index (κ1) is 16.1. The van der Waals surface area contributed by atoms with E-state index in [0.717, 1.165) is 12.8 Å². The molecule has 2 heterocycles. The zero-order valence-electron chi connectivity index (χ0n) is 13.7. The van der Waals surface area contributed by atoms with E-state index < -0.39 is 6.10 Å². The molecule has 2 amide bonds. The summed E-state index contributed by atoms with van der Waals surface area (Å²) in [6.07, 6.45) is 2.84. The quantitative estimate of drug-likeness (QED) is 0.912. The van der Waals surface area contributed by atoms with Crippen LogP contribution in [0.15, 0.2) is 41.0 Å². The van der Waals surface area contributed by atoms with Crippen LogP contribution in [0.1, 0.15) is 37.2 Å². The Labute approximate surface area is 140 Å². The van der Waals surface area contributed by atoms with E-state index in [-0.39, 0.29) is 17.6 Å². The van der Waals surface area contributed by atoms with Gasteiger partial charge >= 0.3 is 0 Å². The lowest BCUT2D eigenvalue weighted by Gasteiger charge is -2.33. The molecule has 0 saturated heterocycles. The van der Waals surface area contributed by atoms with Crippen molar-refractivity contribution in [3.63, 3.8) is 0 Å². The van der Waals surface area contributed by atoms with Gasteiger partial charge in [0.1, 0.15) is 5.75 Å². The molecular formula is C18H20N2O4. The number of benzene rings is 1. The fourth-order valence-electron chi connectivity index (χ4n) is 2.63. The van der Waals surface area contributed by atoms with Crippen molar-refractivity contribution in [2.75, 3.05) is 16.8 Å². The summed E-state index contributed by atoms with van der Waals surface area (Å²) in [4.78, 5) is 26.2. The minimum atomic E-state index is -0.502. The lowest BCUT2D eigenvalue weighted by atomic mass is 10.1. The van der Waals surface area contributed by atoms with E-state index in [2.05, 4.69) is 12.2 Å². The average Bonchev–Trinajstić information content (AvgIpc) is 3.10. The highest BCUT2D eigenvalue weighted by Gasteiger charge is 2.31. The molecular weight excluding hydrogens is 308 g/mol. The molecule has 0 fully saturated rings. The van der Waals surface area contributed by atoms with E-state index in [1.165, 1.54) is 6.26 Å². The Kier molecular flexibility index (Phi) is 4.55. The summed E-state index contributed by atoms with van der Waals surface area (Å²) in [6, 6.07) is 8.53. The van der Waals surface area contributed by atoms with Crippen LogP contribution in [-0.4, -0.2) is 24.5 Å². The van der Waals surface area contributed by atoms with Crippen LogP contribution in [0.3, 0.4) is 0 Å². The SMILES string of the molecule is CCCCN1C(=O)C(C)Oc2ccc(NC(=O)c3ccco3)cc21. The monoisotopic (exact) mass is 328 g/mol. The summed E-state index contributed by atoms with van der Waals surface area (Å²) in [5.74, 6) is 0.479. The van der Waals surface area contributed by atoms with Gasteiger partial charge < -0.3 is 19.4 Å². The minimum Gasteiger partial charge on any atom is -0.479 e. The number of hydrogen-bond acceptors (Lipinski definition) is 4. The predicted molar refractivity (Wildman–Crippen MR) is 90.5 cm³/mol. The van der Waals surface area contributed by atoms with Crippen molar-refractivity contribution in [2.45, 2.75) is 32.8 Å². The van der Waals surface area contributed by atoms with Crippen molar-refractivity contribution in [3.05, 3.63) is 42.4 Å². The lowest BCUT2D eigenvalue weighted by Crippen LogP contribution is -2.44. The van der Waals surface area contributed by atoms with E-state index in [0.29, 0.717) is 23.7 Å². The second-order valence-corrected chi connectivity index (χ2v) is 5.72. The zero-order chi connectivity index (χ0) is 17.1. The van der Waals surface area contributed by atoms with Crippen molar-refractivity contribution in [2.24, 2.45) is 0 Å². The average molecular weight is 328 g/mol. The number of rotatable bonds is 5. The highest BCUT2D eigenvalue weighted by atomic mass is 16.5. The lowest BCUT2D eigenvalue weighted by molar-refractivity contribution is -0.125. The second kappa shape index (κ2) is 6.78. The van der Waals surface area contributed by atoms with Gasteiger partial charge in [-0.1, -0.05) is 13.3 Å². The maximum Gasteiger partial charge on any atom is 0.291 e. The van der Waals surface area contributed by atoms with Crippen molar-refractivity contribution in [1.82, 2.24) is 0 Å². The van der Waals surface area contributed by atoms with Crippen molar-refractivity contribution in [1.29, 1.82) is 0 Å². The van der Waals surface area contributed by atoms with Crippen LogP contribution in [0.5, 0.6) is 5.75 Å². The number of hydrogen-bond donors (Lipinski definition) is 1. The Balaban J connectivity index is 1.86. The summed E-state index contributed by atoms with van der Waals surface area (Å²) < 4.78 is 10.7. The van der Waals surface area contributed by atoms with Gasteiger partial charge in [0.2, 0.25) is 0 Å². The first-order valence-corrected chi connectivity index (χ1v) is 8.07. The van der Waals surface area contributed by atoms with Gasteiger partial charge in [0.25, 0.3) is 11.8 Å². The zero-order valence-corrected chi connectivity index (χ0v) is 13.7. The molecule has 6 heteroatoms. The fourth-order valence-corrected chi connectivity index (χ4v) is 2.63. The molecule has 1 unspecified atom stereocenters. The third-order valence-corrected chi connectivity index (χ3v) is 3.91. The summed E-state index contributed by atoms with van der Waals surface area (Å²) >= 11 is 0. The molecule has 0 spiro atoms. The van der Waals surface area contributed by atoms with Gasteiger partial charge in [0.15, 0.2) is 11.9 Å². The highest BCUT2D eigenvalue weighted by Crippen LogP contribution is 2.36. The number of fused-ring (bicyclic) bond motifs is 1. The molecule has 6 nitrogen and oxygen atoms in total. The third-order valence-electron chi connectivity index (χ3n) is 3.91. The number of nitrogens with one attached hydrogen (secondary N) is 1. The third kappa shape index (κ3) is 3.13. The smallest absolute Gasteiger partial charge is 0.291 e. The molecule has 3 rings (SSSR count). The number of anilines is 2.